The number of nitrogens with one attached hydrogen (secondary N) is 1. The van der Waals surface area contributed by atoms with E-state index < -0.39 is 21.7 Å². The van der Waals surface area contributed by atoms with E-state index in [1.165, 1.54) is 31.5 Å². The highest BCUT2D eigenvalue weighted by molar-refractivity contribution is 7.91. The Morgan fingerprint density at radius 1 is 1.18 bits per heavy atom. The number of nitrogens with zero attached hydrogens (tertiary/aromatic N) is 3. The quantitative estimate of drug-likeness (QED) is 0.513. The fourth-order valence-corrected chi connectivity index (χ4v) is 4.75. The molecular formula is C21H25ClN4O6S. The van der Waals surface area contributed by atoms with Gasteiger partial charge >= 0.3 is 5.97 Å². The molecule has 0 spiro atoms. The van der Waals surface area contributed by atoms with Gasteiger partial charge in [0, 0.05) is 43.8 Å². The van der Waals surface area contributed by atoms with Crippen molar-refractivity contribution in [2.24, 2.45) is 0 Å². The lowest BCUT2D eigenvalue weighted by atomic mass is 10.2. The largest absolute Gasteiger partial charge is 0.505 e. The van der Waals surface area contributed by atoms with Gasteiger partial charge in [0.05, 0.1) is 29.6 Å². The molecular weight excluding hydrogens is 472 g/mol. The predicted octanol–water partition coefficient (Wildman–Crippen LogP) is 0.939. The highest BCUT2D eigenvalue weighted by Crippen LogP contribution is 2.24. The maximum absolute atomic E-state index is 12.5. The zero-order chi connectivity index (χ0) is 24.0. The molecule has 0 saturated carbocycles. The van der Waals surface area contributed by atoms with Crippen LogP contribution >= 0.6 is 11.6 Å². The van der Waals surface area contributed by atoms with Crippen molar-refractivity contribution in [2.75, 3.05) is 57.0 Å². The van der Waals surface area contributed by atoms with Crippen molar-refractivity contribution in [3.8, 4) is 5.75 Å². The minimum atomic E-state index is -3.40. The summed E-state index contributed by atoms with van der Waals surface area (Å²) >= 11 is 5.83. The molecule has 1 aliphatic heterocycles. The third-order valence-corrected chi connectivity index (χ3v) is 7.24. The first kappa shape index (κ1) is 24.7. The molecule has 2 N–H and O–H groups in total. The average Bonchev–Trinajstić information content (AvgIpc) is 2.81. The zero-order valence-corrected chi connectivity index (χ0v) is 19.6. The smallest absolute Gasteiger partial charge is 0.325 e. The van der Waals surface area contributed by atoms with Crippen molar-refractivity contribution in [1.82, 2.24) is 15.2 Å². The van der Waals surface area contributed by atoms with Gasteiger partial charge in [-0.3, -0.25) is 14.5 Å². The first-order valence-electron chi connectivity index (χ1n) is 10.2. The van der Waals surface area contributed by atoms with Gasteiger partial charge in [-0.1, -0.05) is 11.6 Å². The SMILES string of the molecule is COC(=O)CNC(=O)c1ncc(N2CCN(CCS(=O)(=O)c3ccc(Cl)cc3)CC2)cc1O. The molecule has 1 aromatic carbocycles. The van der Waals surface area contributed by atoms with E-state index in [9.17, 15) is 23.1 Å². The van der Waals surface area contributed by atoms with Crippen LogP contribution in [-0.2, 0) is 19.4 Å². The molecule has 0 bridgehead atoms. The first-order valence-corrected chi connectivity index (χ1v) is 12.2. The number of pyridine rings is 1. The standard InChI is InChI=1S/C21H25ClN4O6S/c1-32-19(28)14-24-21(29)20-18(27)12-16(13-23-20)26-8-6-25(7-9-26)10-11-33(30,31)17-4-2-15(22)3-5-17/h2-5,12-13,27H,6-11,14H2,1H3,(H,24,29). The molecule has 0 aliphatic carbocycles. The van der Waals surface area contributed by atoms with Crippen molar-refractivity contribution in [2.45, 2.75) is 4.90 Å². The number of halogens is 1. The predicted molar refractivity (Wildman–Crippen MR) is 122 cm³/mol. The Labute approximate surface area is 197 Å². The average molecular weight is 497 g/mol. The molecule has 33 heavy (non-hydrogen) atoms. The summed E-state index contributed by atoms with van der Waals surface area (Å²) in [5, 5.41) is 13.0. The molecule has 1 fully saturated rings. The fraction of sp³-hybridized carbons (Fsp3) is 0.381. The summed E-state index contributed by atoms with van der Waals surface area (Å²) in [4.78, 5) is 31.5. The first-order chi connectivity index (χ1) is 15.7. The number of methoxy groups -OCH3 is 1. The molecule has 178 valence electrons. The fourth-order valence-electron chi connectivity index (χ4n) is 3.34. The lowest BCUT2D eigenvalue weighted by Gasteiger charge is -2.35. The maximum atomic E-state index is 12.5. The lowest BCUT2D eigenvalue weighted by Crippen LogP contribution is -2.47. The van der Waals surface area contributed by atoms with Gasteiger partial charge in [-0.2, -0.15) is 0 Å². The van der Waals surface area contributed by atoms with E-state index in [0.717, 1.165) is 0 Å². The Hall–Kier alpha value is -2.89. The lowest BCUT2D eigenvalue weighted by molar-refractivity contribution is -0.139. The number of amides is 1. The van der Waals surface area contributed by atoms with Gasteiger partial charge in [-0.05, 0) is 24.3 Å². The number of benzene rings is 1. The number of carbonyl (C=O) groups is 2. The molecule has 1 saturated heterocycles. The second kappa shape index (κ2) is 10.8. The van der Waals surface area contributed by atoms with E-state index in [1.54, 1.807) is 12.1 Å². The van der Waals surface area contributed by atoms with Crippen LogP contribution in [0.5, 0.6) is 5.75 Å². The molecule has 0 atom stereocenters. The highest BCUT2D eigenvalue weighted by atomic mass is 35.5. The van der Waals surface area contributed by atoms with Crippen LogP contribution in [-0.4, -0.2) is 87.4 Å². The van der Waals surface area contributed by atoms with Crippen LogP contribution in [0.3, 0.4) is 0 Å². The number of ether oxygens (including phenoxy) is 1. The molecule has 2 heterocycles. The third kappa shape index (κ3) is 6.56. The Morgan fingerprint density at radius 2 is 1.85 bits per heavy atom. The number of aromatic nitrogens is 1. The third-order valence-electron chi connectivity index (χ3n) is 5.28. The Balaban J connectivity index is 1.52. The summed E-state index contributed by atoms with van der Waals surface area (Å²) in [6, 6.07) is 7.58. The number of carbonyl (C=O) groups excluding carboxylic acids is 2. The highest BCUT2D eigenvalue weighted by Gasteiger charge is 2.22. The van der Waals surface area contributed by atoms with Crippen molar-refractivity contribution >= 4 is 39.0 Å². The normalized spacial score (nSPS) is 14.7. The van der Waals surface area contributed by atoms with E-state index in [-0.39, 0.29) is 28.6 Å². The number of piperazine rings is 1. The van der Waals surface area contributed by atoms with Crippen molar-refractivity contribution in [1.29, 1.82) is 0 Å². The number of esters is 1. The van der Waals surface area contributed by atoms with Gasteiger partial charge in [0.15, 0.2) is 15.5 Å². The molecule has 10 nitrogen and oxygen atoms in total. The van der Waals surface area contributed by atoms with Gasteiger partial charge < -0.3 is 20.1 Å². The van der Waals surface area contributed by atoms with Gasteiger partial charge in [-0.25, -0.2) is 13.4 Å². The number of hydrogen-bond acceptors (Lipinski definition) is 9. The summed E-state index contributed by atoms with van der Waals surface area (Å²) < 4.78 is 29.5. The Kier molecular flexibility index (Phi) is 8.11. The second-order valence-corrected chi connectivity index (χ2v) is 9.97. The second-order valence-electron chi connectivity index (χ2n) is 7.42. The van der Waals surface area contributed by atoms with Crippen LogP contribution < -0.4 is 10.2 Å². The van der Waals surface area contributed by atoms with Crippen LogP contribution in [0.2, 0.25) is 5.02 Å². The number of sulfone groups is 1. The van der Waals surface area contributed by atoms with Gasteiger partial charge in [-0.15, -0.1) is 0 Å². The molecule has 12 heteroatoms. The van der Waals surface area contributed by atoms with Crippen molar-refractivity contribution in [3.05, 3.63) is 47.2 Å². The van der Waals surface area contributed by atoms with Crippen LogP contribution in [0.1, 0.15) is 10.5 Å². The summed E-state index contributed by atoms with van der Waals surface area (Å²) in [6.07, 6.45) is 1.48. The van der Waals surface area contributed by atoms with Crippen LogP contribution in [0.15, 0.2) is 41.4 Å². The zero-order valence-electron chi connectivity index (χ0n) is 18.0. The molecule has 1 aliphatic rings. The Morgan fingerprint density at radius 3 is 2.45 bits per heavy atom. The molecule has 1 aromatic heterocycles. The summed E-state index contributed by atoms with van der Waals surface area (Å²) in [5.41, 5.74) is 0.458. The summed E-state index contributed by atoms with van der Waals surface area (Å²) in [6.45, 7) is 2.57. The van der Waals surface area contributed by atoms with Gasteiger partial charge in [0.2, 0.25) is 0 Å². The molecule has 3 rings (SSSR count). The molecule has 2 aromatic rings. The van der Waals surface area contributed by atoms with E-state index in [4.69, 9.17) is 11.6 Å². The van der Waals surface area contributed by atoms with Crippen molar-refractivity contribution < 1.29 is 27.9 Å². The number of anilines is 1. The number of rotatable bonds is 8. The van der Waals surface area contributed by atoms with E-state index in [2.05, 4.69) is 19.9 Å². The van der Waals surface area contributed by atoms with Gasteiger partial charge in [0.25, 0.3) is 5.91 Å². The van der Waals surface area contributed by atoms with Gasteiger partial charge in [0.1, 0.15) is 12.3 Å². The molecule has 1 amide bonds. The minimum Gasteiger partial charge on any atom is -0.505 e. The monoisotopic (exact) mass is 496 g/mol. The molecule has 0 unspecified atom stereocenters. The topological polar surface area (TPSA) is 129 Å². The van der Waals surface area contributed by atoms with Crippen molar-refractivity contribution in [3.63, 3.8) is 0 Å². The maximum Gasteiger partial charge on any atom is 0.325 e. The van der Waals surface area contributed by atoms with Crippen LogP contribution in [0.25, 0.3) is 0 Å². The number of aromatic hydroxyl groups is 1. The molecule has 0 radical (unpaired) electrons. The van der Waals surface area contributed by atoms with E-state index in [0.29, 0.717) is 43.4 Å². The van der Waals surface area contributed by atoms with E-state index >= 15 is 0 Å². The minimum absolute atomic E-state index is 0.00631. The number of hydrogen-bond donors (Lipinski definition) is 2. The van der Waals surface area contributed by atoms with Crippen LogP contribution in [0.4, 0.5) is 5.69 Å². The van der Waals surface area contributed by atoms with E-state index in [1.807, 2.05) is 4.90 Å². The van der Waals surface area contributed by atoms with Crippen LogP contribution in [0, 0.1) is 0 Å². The summed E-state index contributed by atoms with van der Waals surface area (Å²) in [5.74, 6) is -1.59. The Bertz CT molecular complexity index is 1100. The summed E-state index contributed by atoms with van der Waals surface area (Å²) in [7, 11) is -2.19.